The molecule has 0 aliphatic rings. The van der Waals surface area contributed by atoms with E-state index in [9.17, 15) is 18.0 Å². The lowest BCUT2D eigenvalue weighted by Gasteiger charge is -2.26. The van der Waals surface area contributed by atoms with Gasteiger partial charge in [-0.3, -0.25) is 4.79 Å². The number of anilines is 1. The van der Waals surface area contributed by atoms with Crippen LogP contribution in [-0.2, 0) is 17.4 Å². The van der Waals surface area contributed by atoms with E-state index in [4.69, 9.17) is 10.5 Å². The van der Waals surface area contributed by atoms with E-state index in [2.05, 4.69) is 0 Å². The van der Waals surface area contributed by atoms with Crippen LogP contribution in [0.3, 0.4) is 0 Å². The van der Waals surface area contributed by atoms with E-state index < -0.39 is 17.8 Å². The monoisotopic (exact) mass is 428 g/mol. The molecule has 1 amide bonds. The maximum absolute atomic E-state index is 13.3. The van der Waals surface area contributed by atoms with Crippen LogP contribution in [0.25, 0.3) is 0 Å². The molecule has 0 saturated carbocycles. The molecule has 0 aliphatic heterocycles. The van der Waals surface area contributed by atoms with Crippen LogP contribution in [0.15, 0.2) is 78.9 Å². The van der Waals surface area contributed by atoms with Crippen molar-refractivity contribution in [3.8, 4) is 5.75 Å². The van der Waals surface area contributed by atoms with Crippen LogP contribution in [0.5, 0.6) is 5.75 Å². The number of amides is 1. The highest BCUT2D eigenvalue weighted by atomic mass is 19.4. The van der Waals surface area contributed by atoms with Crippen LogP contribution >= 0.6 is 0 Å². The van der Waals surface area contributed by atoms with Crippen LogP contribution in [0.2, 0.25) is 0 Å². The van der Waals surface area contributed by atoms with Crippen molar-refractivity contribution in [3.63, 3.8) is 0 Å². The van der Waals surface area contributed by atoms with Gasteiger partial charge < -0.3 is 15.4 Å². The molecule has 0 aromatic heterocycles. The largest absolute Gasteiger partial charge is 0.497 e. The molecule has 0 aliphatic carbocycles. The first-order chi connectivity index (χ1) is 14.8. The Bertz CT molecular complexity index is 1010. The number of hydrogen-bond acceptors (Lipinski definition) is 3. The van der Waals surface area contributed by atoms with Crippen LogP contribution in [0.1, 0.15) is 22.7 Å². The first kappa shape index (κ1) is 22.4. The SMILES string of the molecule is COc1cccc(N(CCc2ccc(C(F)(F)F)cc2)C(=O)C(N)c2ccccc2)c1. The number of nitrogens with zero attached hydrogens (tertiary/aromatic N) is 1. The number of nitrogens with two attached hydrogens (primary N) is 1. The zero-order chi connectivity index (χ0) is 22.4. The van der Waals surface area contributed by atoms with Crippen molar-refractivity contribution < 1.29 is 22.7 Å². The second-order valence-corrected chi connectivity index (χ2v) is 7.02. The fraction of sp³-hybridized carbons (Fsp3) is 0.208. The minimum Gasteiger partial charge on any atom is -0.497 e. The van der Waals surface area contributed by atoms with Crippen molar-refractivity contribution in [2.45, 2.75) is 18.6 Å². The molecule has 0 fully saturated rings. The first-order valence-electron chi connectivity index (χ1n) is 9.71. The molecule has 0 radical (unpaired) electrons. The molecule has 0 spiro atoms. The minimum absolute atomic E-state index is 0.248. The highest BCUT2D eigenvalue weighted by Crippen LogP contribution is 2.29. The summed E-state index contributed by atoms with van der Waals surface area (Å²) in [5, 5.41) is 0. The van der Waals surface area contributed by atoms with E-state index in [1.54, 1.807) is 48.5 Å². The standard InChI is InChI=1S/C24H23F3N2O2/c1-31-21-9-5-8-20(16-21)29(23(30)22(28)18-6-3-2-4-7-18)15-14-17-10-12-19(13-11-17)24(25,26)27/h2-13,16,22H,14-15,28H2,1H3. The third kappa shape index (κ3) is 5.64. The Morgan fingerprint density at radius 3 is 2.29 bits per heavy atom. The summed E-state index contributed by atoms with van der Waals surface area (Å²) in [7, 11) is 1.53. The highest BCUT2D eigenvalue weighted by molar-refractivity contribution is 5.97. The van der Waals surface area contributed by atoms with Crippen LogP contribution < -0.4 is 15.4 Å². The van der Waals surface area contributed by atoms with Gasteiger partial charge in [-0.25, -0.2) is 0 Å². The van der Waals surface area contributed by atoms with E-state index >= 15 is 0 Å². The predicted molar refractivity (Wildman–Crippen MR) is 114 cm³/mol. The van der Waals surface area contributed by atoms with Gasteiger partial charge in [-0.1, -0.05) is 48.5 Å². The molecule has 1 atom stereocenters. The maximum Gasteiger partial charge on any atom is 0.416 e. The molecular weight excluding hydrogens is 405 g/mol. The second kappa shape index (κ2) is 9.66. The van der Waals surface area contributed by atoms with Gasteiger partial charge in [0.2, 0.25) is 5.91 Å². The minimum atomic E-state index is -4.39. The molecule has 1 unspecified atom stereocenters. The number of benzene rings is 3. The van der Waals surface area contributed by atoms with Crippen molar-refractivity contribution >= 4 is 11.6 Å². The summed E-state index contributed by atoms with van der Waals surface area (Å²) in [6.07, 6.45) is -4.02. The molecule has 0 bridgehead atoms. The van der Waals surface area contributed by atoms with Gasteiger partial charge in [0, 0.05) is 18.3 Å². The Morgan fingerprint density at radius 1 is 1.00 bits per heavy atom. The van der Waals surface area contributed by atoms with Crippen molar-refractivity contribution in [2.75, 3.05) is 18.6 Å². The fourth-order valence-corrected chi connectivity index (χ4v) is 3.22. The summed E-state index contributed by atoms with van der Waals surface area (Å²) in [5.41, 5.74) is 7.49. The molecule has 2 N–H and O–H groups in total. The number of carbonyl (C=O) groups excluding carboxylic acids is 1. The Balaban J connectivity index is 1.84. The van der Waals surface area contributed by atoms with Gasteiger partial charge in [0.1, 0.15) is 11.8 Å². The Hall–Kier alpha value is -3.32. The smallest absolute Gasteiger partial charge is 0.416 e. The van der Waals surface area contributed by atoms with Gasteiger partial charge in [-0.2, -0.15) is 13.2 Å². The summed E-state index contributed by atoms with van der Waals surface area (Å²) < 4.78 is 43.7. The molecule has 4 nitrogen and oxygen atoms in total. The molecule has 0 heterocycles. The lowest BCUT2D eigenvalue weighted by atomic mass is 10.0. The zero-order valence-electron chi connectivity index (χ0n) is 17.0. The van der Waals surface area contributed by atoms with Crippen molar-refractivity contribution in [2.24, 2.45) is 5.73 Å². The van der Waals surface area contributed by atoms with Gasteiger partial charge in [0.25, 0.3) is 0 Å². The average Bonchev–Trinajstić information content (AvgIpc) is 2.79. The quantitative estimate of drug-likeness (QED) is 0.577. The third-order valence-corrected chi connectivity index (χ3v) is 4.96. The molecule has 0 saturated heterocycles. The van der Waals surface area contributed by atoms with Gasteiger partial charge in [0.15, 0.2) is 0 Å². The van der Waals surface area contributed by atoms with Crippen LogP contribution in [0, 0.1) is 0 Å². The maximum atomic E-state index is 13.3. The van der Waals surface area contributed by atoms with E-state index in [1.807, 2.05) is 6.07 Å². The number of ether oxygens (including phenoxy) is 1. The molecule has 3 aromatic carbocycles. The summed E-state index contributed by atoms with van der Waals surface area (Å²) in [6.45, 7) is 0.248. The van der Waals surface area contributed by atoms with E-state index in [1.165, 1.54) is 24.1 Å². The zero-order valence-corrected chi connectivity index (χ0v) is 17.0. The van der Waals surface area contributed by atoms with Gasteiger partial charge in [-0.05, 0) is 41.8 Å². The number of methoxy groups -OCH3 is 1. The topological polar surface area (TPSA) is 55.6 Å². The van der Waals surface area contributed by atoms with E-state index in [0.717, 1.165) is 12.1 Å². The van der Waals surface area contributed by atoms with Gasteiger partial charge in [0.05, 0.1) is 12.7 Å². The molecule has 162 valence electrons. The summed E-state index contributed by atoms with van der Waals surface area (Å²) in [6, 6.07) is 20.1. The van der Waals surface area contributed by atoms with Gasteiger partial charge >= 0.3 is 6.18 Å². The molecule has 31 heavy (non-hydrogen) atoms. The van der Waals surface area contributed by atoms with Crippen molar-refractivity contribution in [3.05, 3.63) is 95.6 Å². The predicted octanol–water partition coefficient (Wildman–Crippen LogP) is 4.99. The number of rotatable bonds is 7. The van der Waals surface area contributed by atoms with Crippen molar-refractivity contribution in [1.29, 1.82) is 0 Å². The Kier molecular flexibility index (Phi) is 6.97. The molecule has 7 heteroatoms. The lowest BCUT2D eigenvalue weighted by Crippen LogP contribution is -2.40. The normalized spacial score (nSPS) is 12.3. The average molecular weight is 428 g/mol. The first-order valence-corrected chi connectivity index (χ1v) is 9.71. The summed E-state index contributed by atoms with van der Waals surface area (Å²) in [4.78, 5) is 14.8. The Labute approximate surface area is 179 Å². The number of hydrogen-bond donors (Lipinski definition) is 1. The number of halogens is 3. The van der Waals surface area contributed by atoms with Crippen molar-refractivity contribution in [1.82, 2.24) is 0 Å². The van der Waals surface area contributed by atoms with Gasteiger partial charge in [-0.15, -0.1) is 0 Å². The number of carbonyl (C=O) groups is 1. The summed E-state index contributed by atoms with van der Waals surface area (Å²) >= 11 is 0. The van der Waals surface area contributed by atoms with Crippen LogP contribution in [0.4, 0.5) is 18.9 Å². The Morgan fingerprint density at radius 2 is 1.68 bits per heavy atom. The lowest BCUT2D eigenvalue weighted by molar-refractivity contribution is -0.137. The fourth-order valence-electron chi connectivity index (χ4n) is 3.22. The molecular formula is C24H23F3N2O2. The highest BCUT2D eigenvalue weighted by Gasteiger charge is 2.30. The molecule has 3 rings (SSSR count). The summed E-state index contributed by atoms with van der Waals surface area (Å²) in [5.74, 6) is 0.268. The number of alkyl halides is 3. The third-order valence-electron chi connectivity index (χ3n) is 4.96. The van der Waals surface area contributed by atoms with E-state index in [0.29, 0.717) is 29.0 Å². The van der Waals surface area contributed by atoms with E-state index in [-0.39, 0.29) is 12.5 Å². The van der Waals surface area contributed by atoms with Crippen LogP contribution in [-0.4, -0.2) is 19.6 Å². The molecule has 3 aromatic rings. The second-order valence-electron chi connectivity index (χ2n) is 7.02.